The molecule has 1 fully saturated rings. The molecule has 4 nitrogen and oxygen atoms in total. The second kappa shape index (κ2) is 8.51. The summed E-state index contributed by atoms with van der Waals surface area (Å²) in [5.41, 5.74) is 0.889. The van der Waals surface area contributed by atoms with Gasteiger partial charge in [-0.15, -0.1) is 0 Å². The lowest BCUT2D eigenvalue weighted by atomic mass is 9.96. The van der Waals surface area contributed by atoms with E-state index in [0.717, 1.165) is 10.0 Å². The van der Waals surface area contributed by atoms with Crippen LogP contribution in [0.5, 0.6) is 0 Å². The lowest BCUT2D eigenvalue weighted by Crippen LogP contribution is -2.43. The summed E-state index contributed by atoms with van der Waals surface area (Å²) in [4.78, 5) is 24.7. The first kappa shape index (κ1) is 19.5. The van der Waals surface area contributed by atoms with Gasteiger partial charge in [0.1, 0.15) is 0 Å². The second-order valence-corrected chi connectivity index (χ2v) is 6.69. The van der Waals surface area contributed by atoms with Crippen LogP contribution in [0.4, 0.5) is 13.2 Å². The maximum atomic E-state index is 12.2. The van der Waals surface area contributed by atoms with Gasteiger partial charge in [-0.25, -0.2) is 0 Å². The van der Waals surface area contributed by atoms with Crippen LogP contribution in [0.25, 0.3) is 6.08 Å². The van der Waals surface area contributed by atoms with Crippen LogP contribution in [0, 0.1) is 5.92 Å². The minimum Gasteiger partial charge on any atom is -0.348 e. The van der Waals surface area contributed by atoms with Crippen molar-refractivity contribution in [3.8, 4) is 0 Å². The monoisotopic (exact) mass is 418 g/mol. The smallest absolute Gasteiger partial charge is 0.348 e. The van der Waals surface area contributed by atoms with E-state index in [2.05, 4.69) is 15.9 Å². The highest BCUT2D eigenvalue weighted by Gasteiger charge is 2.38. The predicted octanol–water partition coefficient (Wildman–Crippen LogP) is 3.38. The molecule has 0 spiro atoms. The van der Waals surface area contributed by atoms with E-state index in [1.807, 2.05) is 29.6 Å². The summed E-state index contributed by atoms with van der Waals surface area (Å²) < 4.78 is 37.3. The first-order chi connectivity index (χ1) is 11.8. The number of carbonyl (C=O) groups is 2. The van der Waals surface area contributed by atoms with Crippen LogP contribution < -0.4 is 5.32 Å². The van der Waals surface area contributed by atoms with Crippen LogP contribution >= 0.6 is 15.9 Å². The number of alkyl halides is 3. The standard InChI is InChI=1S/C17H18BrF3N2O2/c18-14-4-2-1-3-13(14)5-6-15(24)23-9-7-12(8-10-23)11-22-16(25)17(19,20)21/h1-6,12H,7-11H2,(H,22,25)/b6-5+. The molecule has 0 bridgehead atoms. The fourth-order valence-corrected chi connectivity index (χ4v) is 2.99. The Morgan fingerprint density at radius 2 is 1.88 bits per heavy atom. The Hall–Kier alpha value is -1.83. The SMILES string of the molecule is O=C(/C=C/c1ccccc1Br)N1CCC(CNC(=O)C(F)(F)F)CC1. The normalized spacial score (nSPS) is 16.2. The van der Waals surface area contributed by atoms with E-state index in [0.29, 0.717) is 25.9 Å². The third-order valence-electron chi connectivity index (χ3n) is 4.05. The molecule has 1 heterocycles. The average molecular weight is 419 g/mol. The van der Waals surface area contributed by atoms with Gasteiger partial charge in [-0.2, -0.15) is 13.2 Å². The molecule has 1 aliphatic rings. The fourth-order valence-electron chi connectivity index (χ4n) is 2.57. The summed E-state index contributed by atoms with van der Waals surface area (Å²) in [6.45, 7) is 0.907. The van der Waals surface area contributed by atoms with Crippen molar-refractivity contribution in [3.05, 3.63) is 40.4 Å². The van der Waals surface area contributed by atoms with Crippen molar-refractivity contribution in [1.82, 2.24) is 10.2 Å². The quantitative estimate of drug-likeness (QED) is 0.761. The Bertz CT molecular complexity index is 654. The summed E-state index contributed by atoms with van der Waals surface area (Å²) >= 11 is 3.40. The van der Waals surface area contributed by atoms with E-state index >= 15 is 0 Å². The van der Waals surface area contributed by atoms with E-state index < -0.39 is 12.1 Å². The molecule has 0 aliphatic carbocycles. The summed E-state index contributed by atoms with van der Waals surface area (Å²) in [7, 11) is 0. The molecular formula is C17H18BrF3N2O2. The van der Waals surface area contributed by atoms with Crippen molar-refractivity contribution in [2.24, 2.45) is 5.92 Å². The van der Waals surface area contributed by atoms with Crippen LogP contribution in [-0.2, 0) is 9.59 Å². The van der Waals surface area contributed by atoms with Gasteiger partial charge in [0.05, 0.1) is 0 Å². The van der Waals surface area contributed by atoms with Crippen LogP contribution in [0.1, 0.15) is 18.4 Å². The third-order valence-corrected chi connectivity index (χ3v) is 4.77. The Kier molecular flexibility index (Phi) is 6.64. The average Bonchev–Trinajstić information content (AvgIpc) is 2.58. The minimum absolute atomic E-state index is 0.0207. The zero-order chi connectivity index (χ0) is 18.4. The molecule has 0 radical (unpaired) electrons. The van der Waals surface area contributed by atoms with Crippen molar-refractivity contribution in [2.45, 2.75) is 19.0 Å². The maximum Gasteiger partial charge on any atom is 0.471 e. The van der Waals surface area contributed by atoms with Crippen molar-refractivity contribution in [1.29, 1.82) is 0 Å². The number of rotatable bonds is 4. The lowest BCUT2D eigenvalue weighted by molar-refractivity contribution is -0.173. The number of hydrogen-bond donors (Lipinski definition) is 1. The van der Waals surface area contributed by atoms with Crippen molar-refractivity contribution in [2.75, 3.05) is 19.6 Å². The third kappa shape index (κ3) is 5.88. The molecule has 2 rings (SSSR count). The van der Waals surface area contributed by atoms with Crippen molar-refractivity contribution < 1.29 is 22.8 Å². The van der Waals surface area contributed by atoms with Gasteiger partial charge in [-0.1, -0.05) is 34.1 Å². The Morgan fingerprint density at radius 3 is 2.48 bits per heavy atom. The molecule has 1 aliphatic heterocycles. The largest absolute Gasteiger partial charge is 0.471 e. The molecule has 0 atom stereocenters. The van der Waals surface area contributed by atoms with Gasteiger partial charge in [0.25, 0.3) is 0 Å². The zero-order valence-corrected chi connectivity index (χ0v) is 14.9. The Labute approximate surface area is 152 Å². The van der Waals surface area contributed by atoms with Gasteiger partial charge in [-0.05, 0) is 36.5 Å². The van der Waals surface area contributed by atoms with Crippen LogP contribution in [0.15, 0.2) is 34.8 Å². The van der Waals surface area contributed by atoms with Gasteiger partial charge in [0, 0.05) is 30.2 Å². The molecule has 0 saturated carbocycles. The number of carbonyl (C=O) groups excluding carboxylic acids is 2. The van der Waals surface area contributed by atoms with Crippen LogP contribution in [-0.4, -0.2) is 42.5 Å². The summed E-state index contributed by atoms with van der Waals surface area (Å²) in [5, 5.41) is 1.90. The molecule has 1 saturated heterocycles. The molecule has 0 unspecified atom stereocenters. The maximum absolute atomic E-state index is 12.2. The van der Waals surface area contributed by atoms with E-state index in [1.165, 1.54) is 6.08 Å². The van der Waals surface area contributed by atoms with Crippen molar-refractivity contribution in [3.63, 3.8) is 0 Å². The first-order valence-corrected chi connectivity index (χ1v) is 8.63. The van der Waals surface area contributed by atoms with E-state index in [4.69, 9.17) is 0 Å². The number of benzene rings is 1. The first-order valence-electron chi connectivity index (χ1n) is 7.84. The highest BCUT2D eigenvalue weighted by Crippen LogP contribution is 2.20. The number of amides is 2. The predicted molar refractivity (Wildman–Crippen MR) is 91.5 cm³/mol. The summed E-state index contributed by atoms with van der Waals surface area (Å²) in [5.74, 6) is -2.10. The molecule has 0 aromatic heterocycles. The summed E-state index contributed by atoms with van der Waals surface area (Å²) in [6, 6.07) is 7.51. The van der Waals surface area contributed by atoms with E-state index in [1.54, 1.807) is 11.0 Å². The molecule has 2 amide bonds. The van der Waals surface area contributed by atoms with Gasteiger partial charge in [-0.3, -0.25) is 9.59 Å². The fraction of sp³-hybridized carbons (Fsp3) is 0.412. The Morgan fingerprint density at radius 1 is 1.24 bits per heavy atom. The lowest BCUT2D eigenvalue weighted by Gasteiger charge is -2.31. The number of likely N-dealkylation sites (tertiary alicyclic amines) is 1. The Balaban J connectivity index is 1.79. The highest BCUT2D eigenvalue weighted by molar-refractivity contribution is 9.10. The van der Waals surface area contributed by atoms with E-state index in [-0.39, 0.29) is 18.4 Å². The summed E-state index contributed by atoms with van der Waals surface area (Å²) in [6.07, 6.45) is -0.513. The molecule has 1 aromatic carbocycles. The highest BCUT2D eigenvalue weighted by atomic mass is 79.9. The van der Waals surface area contributed by atoms with Gasteiger partial charge < -0.3 is 10.2 Å². The van der Waals surface area contributed by atoms with Gasteiger partial charge in [0.2, 0.25) is 5.91 Å². The van der Waals surface area contributed by atoms with Crippen LogP contribution in [0.2, 0.25) is 0 Å². The topological polar surface area (TPSA) is 49.4 Å². The minimum atomic E-state index is -4.85. The van der Waals surface area contributed by atoms with Crippen LogP contribution in [0.3, 0.4) is 0 Å². The number of piperidine rings is 1. The number of halogens is 4. The molecule has 1 N–H and O–H groups in total. The second-order valence-electron chi connectivity index (χ2n) is 5.83. The molecule has 8 heteroatoms. The molecular weight excluding hydrogens is 401 g/mol. The molecule has 25 heavy (non-hydrogen) atoms. The van der Waals surface area contributed by atoms with Gasteiger partial charge in [0.15, 0.2) is 0 Å². The van der Waals surface area contributed by atoms with Crippen molar-refractivity contribution >= 4 is 33.8 Å². The zero-order valence-electron chi connectivity index (χ0n) is 13.4. The molecule has 136 valence electrons. The van der Waals surface area contributed by atoms with E-state index in [9.17, 15) is 22.8 Å². The number of nitrogens with one attached hydrogen (secondary N) is 1. The molecule has 1 aromatic rings. The van der Waals surface area contributed by atoms with Gasteiger partial charge >= 0.3 is 12.1 Å². The number of nitrogens with zero attached hydrogens (tertiary/aromatic N) is 1. The number of hydrogen-bond acceptors (Lipinski definition) is 2.